The van der Waals surface area contributed by atoms with E-state index in [1.807, 2.05) is 29.9 Å². The Morgan fingerprint density at radius 1 is 1.12 bits per heavy atom. The van der Waals surface area contributed by atoms with E-state index in [4.69, 9.17) is 10.5 Å². The number of aryl methyl sites for hydroxylation is 1. The van der Waals surface area contributed by atoms with Crippen LogP contribution in [0.4, 0.5) is 11.6 Å². The average Bonchev–Trinajstić information content (AvgIpc) is 3.25. The van der Waals surface area contributed by atoms with Gasteiger partial charge in [-0.05, 0) is 65.9 Å². The van der Waals surface area contributed by atoms with Gasteiger partial charge in [0.05, 0.1) is 30.3 Å². The third-order valence-corrected chi connectivity index (χ3v) is 5.94. The lowest BCUT2D eigenvalue weighted by Gasteiger charge is -2.28. The van der Waals surface area contributed by atoms with Crippen LogP contribution in [0.1, 0.15) is 38.4 Å². The minimum Gasteiger partial charge on any atom is -0.433 e. The van der Waals surface area contributed by atoms with Gasteiger partial charge in [0.25, 0.3) is 5.88 Å². The number of nitrogens with zero attached hydrogens (tertiary/aromatic N) is 7. The summed E-state index contributed by atoms with van der Waals surface area (Å²) in [6.07, 6.45) is 7.45. The molecule has 0 radical (unpaired) electrons. The van der Waals surface area contributed by atoms with Crippen molar-refractivity contribution in [2.24, 2.45) is 0 Å². The molecule has 0 unspecified atom stereocenters. The number of hydrogen-bond donors (Lipinski definition) is 1. The maximum Gasteiger partial charge on any atom is 0.263 e. The largest absolute Gasteiger partial charge is 0.433 e. The maximum atomic E-state index is 6.08. The lowest BCUT2D eigenvalue weighted by atomic mass is 10.1. The summed E-state index contributed by atoms with van der Waals surface area (Å²) in [5.74, 6) is 2.06. The summed E-state index contributed by atoms with van der Waals surface area (Å²) in [4.78, 5) is 18.2. The zero-order valence-electron chi connectivity index (χ0n) is 19.3. The summed E-state index contributed by atoms with van der Waals surface area (Å²) >= 11 is 0. The van der Waals surface area contributed by atoms with Crippen molar-refractivity contribution in [2.45, 2.75) is 39.7 Å². The molecule has 3 aromatic heterocycles. The second-order valence-electron chi connectivity index (χ2n) is 8.27. The second kappa shape index (κ2) is 9.52. The van der Waals surface area contributed by atoms with E-state index in [1.165, 1.54) is 0 Å². The number of nitrogens with two attached hydrogens (primary N) is 1. The summed E-state index contributed by atoms with van der Waals surface area (Å²) in [6.45, 7) is 10.1. The van der Waals surface area contributed by atoms with Gasteiger partial charge in [0, 0.05) is 24.3 Å². The number of rotatable bonds is 7. The van der Waals surface area contributed by atoms with E-state index < -0.39 is 0 Å². The van der Waals surface area contributed by atoms with Crippen LogP contribution >= 0.6 is 0 Å². The van der Waals surface area contributed by atoms with E-state index in [0.717, 1.165) is 56.1 Å². The highest BCUT2D eigenvalue weighted by atomic mass is 16.5. The summed E-state index contributed by atoms with van der Waals surface area (Å²) < 4.78 is 7.98. The Morgan fingerprint density at radius 2 is 1.88 bits per heavy atom. The smallest absolute Gasteiger partial charge is 0.263 e. The first kappa shape index (κ1) is 22.0. The molecule has 170 valence electrons. The predicted molar refractivity (Wildman–Crippen MR) is 126 cm³/mol. The Balaban J connectivity index is 1.56. The summed E-state index contributed by atoms with van der Waals surface area (Å²) in [5, 5.41) is 4.50. The van der Waals surface area contributed by atoms with Crippen LogP contribution in [0.25, 0.3) is 11.3 Å². The molecule has 1 fully saturated rings. The molecular weight excluding hydrogens is 404 g/mol. The van der Waals surface area contributed by atoms with Crippen LogP contribution in [0.5, 0.6) is 11.6 Å². The fourth-order valence-electron chi connectivity index (χ4n) is 4.05. The molecule has 4 heterocycles. The van der Waals surface area contributed by atoms with E-state index >= 15 is 0 Å². The Bertz CT molecular complexity index is 1050. The number of piperidine rings is 1. The number of ether oxygens (including phenoxy) is 1. The number of anilines is 2. The molecule has 1 saturated heterocycles. The number of pyridine rings is 1. The molecule has 9 nitrogen and oxygen atoms in total. The molecule has 4 rings (SSSR count). The van der Waals surface area contributed by atoms with Crippen LogP contribution in [-0.4, -0.2) is 62.9 Å². The van der Waals surface area contributed by atoms with Crippen molar-refractivity contribution >= 4 is 11.6 Å². The fraction of sp³-hybridized carbons (Fsp3) is 0.478. The molecule has 1 aliphatic rings. The molecule has 32 heavy (non-hydrogen) atoms. The van der Waals surface area contributed by atoms with Gasteiger partial charge in [0.1, 0.15) is 5.82 Å². The van der Waals surface area contributed by atoms with E-state index in [-0.39, 0.29) is 11.7 Å². The fourth-order valence-corrected chi connectivity index (χ4v) is 4.05. The van der Waals surface area contributed by atoms with E-state index in [0.29, 0.717) is 17.5 Å². The summed E-state index contributed by atoms with van der Waals surface area (Å²) in [7, 11) is 2.15. The van der Waals surface area contributed by atoms with Crippen LogP contribution < -0.4 is 15.4 Å². The molecule has 0 aromatic carbocycles. The van der Waals surface area contributed by atoms with E-state index in [1.54, 1.807) is 12.4 Å². The molecule has 0 amide bonds. The van der Waals surface area contributed by atoms with Gasteiger partial charge in [-0.3, -0.25) is 4.68 Å². The molecule has 3 aromatic rings. The van der Waals surface area contributed by atoms with Gasteiger partial charge in [-0.15, -0.1) is 0 Å². The lowest BCUT2D eigenvalue weighted by molar-refractivity contribution is 0.212. The van der Waals surface area contributed by atoms with E-state index in [9.17, 15) is 0 Å². The summed E-state index contributed by atoms with van der Waals surface area (Å²) in [5.41, 5.74) is 8.62. The zero-order chi connectivity index (χ0) is 22.7. The third kappa shape index (κ3) is 4.83. The van der Waals surface area contributed by atoms with Gasteiger partial charge < -0.3 is 20.3 Å². The van der Waals surface area contributed by atoms with Crippen molar-refractivity contribution in [3.05, 3.63) is 36.4 Å². The highest BCUT2D eigenvalue weighted by Crippen LogP contribution is 2.30. The number of likely N-dealkylation sites (tertiary alicyclic amines) is 1. The van der Waals surface area contributed by atoms with Crippen LogP contribution in [0.15, 0.2) is 30.7 Å². The Labute approximate surface area is 189 Å². The molecule has 1 aliphatic heterocycles. The quantitative estimate of drug-likeness (QED) is 0.601. The topological polar surface area (TPSA) is 98.2 Å². The third-order valence-electron chi connectivity index (χ3n) is 5.94. The average molecular weight is 437 g/mol. The van der Waals surface area contributed by atoms with Crippen molar-refractivity contribution in [2.75, 3.05) is 43.9 Å². The molecule has 0 aliphatic carbocycles. The zero-order valence-corrected chi connectivity index (χ0v) is 19.3. The Morgan fingerprint density at radius 3 is 2.59 bits per heavy atom. The SMILES string of the molecule is CCN(CC)c1cc(-c2cnc(N)c(Oc3cnn(C4CCN(C)CC4)c3)n2)cc(C)n1. The molecule has 0 atom stereocenters. The van der Waals surface area contributed by atoms with Crippen molar-refractivity contribution in [1.29, 1.82) is 0 Å². The number of nitrogen functional groups attached to an aromatic ring is 1. The Kier molecular flexibility index (Phi) is 6.55. The van der Waals surface area contributed by atoms with Crippen molar-refractivity contribution in [1.82, 2.24) is 29.6 Å². The molecule has 0 bridgehead atoms. The number of hydrogen-bond acceptors (Lipinski definition) is 8. The molecular formula is C23H32N8O. The second-order valence-corrected chi connectivity index (χ2v) is 8.27. The molecule has 9 heteroatoms. The minimum absolute atomic E-state index is 0.246. The Hall–Kier alpha value is -3.20. The van der Waals surface area contributed by atoms with Crippen molar-refractivity contribution in [3.63, 3.8) is 0 Å². The summed E-state index contributed by atoms with van der Waals surface area (Å²) in [6, 6.07) is 4.41. The van der Waals surface area contributed by atoms with Gasteiger partial charge in [0.2, 0.25) is 0 Å². The highest BCUT2D eigenvalue weighted by Gasteiger charge is 2.20. The van der Waals surface area contributed by atoms with Crippen molar-refractivity contribution < 1.29 is 4.74 Å². The normalized spacial score (nSPS) is 15.1. The first-order valence-electron chi connectivity index (χ1n) is 11.2. The lowest BCUT2D eigenvalue weighted by Crippen LogP contribution is -2.31. The van der Waals surface area contributed by atoms with Gasteiger partial charge in [-0.1, -0.05) is 0 Å². The predicted octanol–water partition coefficient (Wildman–Crippen LogP) is 3.53. The first-order valence-corrected chi connectivity index (χ1v) is 11.2. The maximum absolute atomic E-state index is 6.08. The van der Waals surface area contributed by atoms with Gasteiger partial charge in [-0.25, -0.2) is 15.0 Å². The van der Waals surface area contributed by atoms with Crippen LogP contribution in [0.2, 0.25) is 0 Å². The van der Waals surface area contributed by atoms with Crippen LogP contribution in [0.3, 0.4) is 0 Å². The monoisotopic (exact) mass is 436 g/mol. The van der Waals surface area contributed by atoms with Crippen molar-refractivity contribution in [3.8, 4) is 22.9 Å². The molecule has 2 N–H and O–H groups in total. The highest BCUT2D eigenvalue weighted by molar-refractivity contribution is 5.65. The minimum atomic E-state index is 0.246. The standard InChI is InChI=1S/C23H32N8O/c1-5-30(6-2)21-12-17(11-16(3)27-21)20-14-25-22(24)23(28-20)32-19-13-26-31(15-19)18-7-9-29(4)10-8-18/h11-15,18H,5-10H2,1-4H3,(H2,24,25). The van der Waals surface area contributed by atoms with Gasteiger partial charge >= 0.3 is 0 Å². The van der Waals surface area contributed by atoms with E-state index in [2.05, 4.69) is 50.7 Å². The molecule has 0 spiro atoms. The van der Waals surface area contributed by atoms with Crippen LogP contribution in [-0.2, 0) is 0 Å². The number of aromatic nitrogens is 5. The molecule has 0 saturated carbocycles. The van der Waals surface area contributed by atoms with Crippen LogP contribution in [0, 0.1) is 6.92 Å². The first-order chi connectivity index (χ1) is 15.5. The van der Waals surface area contributed by atoms with Gasteiger partial charge in [0.15, 0.2) is 11.6 Å². The van der Waals surface area contributed by atoms with Gasteiger partial charge in [-0.2, -0.15) is 5.10 Å².